The fourth-order valence-corrected chi connectivity index (χ4v) is 4.60. The molecule has 0 unspecified atom stereocenters. The zero-order chi connectivity index (χ0) is 20.9. The Balaban J connectivity index is 2.41. The number of benzene rings is 2. The van der Waals surface area contributed by atoms with Gasteiger partial charge in [0.15, 0.2) is 4.90 Å². The maximum atomic E-state index is 13.2. The summed E-state index contributed by atoms with van der Waals surface area (Å²) in [6.45, 7) is 0.899. The molecule has 2 aromatic rings. The topological polar surface area (TPSA) is 83.8 Å². The maximum absolute atomic E-state index is 13.2. The quantitative estimate of drug-likeness (QED) is 0.429. The highest BCUT2D eigenvalue weighted by molar-refractivity contribution is 7.89. The summed E-state index contributed by atoms with van der Waals surface area (Å²) >= 11 is 12.0. The van der Waals surface area contributed by atoms with Crippen molar-refractivity contribution < 1.29 is 13.3 Å². The van der Waals surface area contributed by atoms with Crippen LogP contribution >= 0.6 is 23.2 Å². The summed E-state index contributed by atoms with van der Waals surface area (Å²) in [7, 11) is -0.321. The van der Waals surface area contributed by atoms with Gasteiger partial charge in [0, 0.05) is 19.2 Å². The first-order valence-corrected chi connectivity index (χ1v) is 10.6. The summed E-state index contributed by atoms with van der Waals surface area (Å²) in [5, 5.41) is 12.0. The van der Waals surface area contributed by atoms with Gasteiger partial charge in [0.1, 0.15) is 0 Å². The van der Waals surface area contributed by atoms with Gasteiger partial charge in [-0.25, -0.2) is 8.42 Å². The Morgan fingerprint density at radius 3 is 2.32 bits per heavy atom. The highest BCUT2D eigenvalue weighted by Gasteiger charge is 2.31. The highest BCUT2D eigenvalue weighted by Crippen LogP contribution is 2.29. The van der Waals surface area contributed by atoms with E-state index >= 15 is 0 Å². The molecule has 0 radical (unpaired) electrons. The molecule has 0 fully saturated rings. The summed E-state index contributed by atoms with van der Waals surface area (Å²) in [4.78, 5) is 12.2. The van der Waals surface area contributed by atoms with Gasteiger partial charge in [-0.1, -0.05) is 41.4 Å². The largest absolute Gasteiger partial charge is 0.309 e. The Bertz CT molecular complexity index is 952. The van der Waals surface area contributed by atoms with E-state index in [9.17, 15) is 18.5 Å². The smallest absolute Gasteiger partial charge is 0.289 e. The lowest BCUT2D eigenvalue weighted by atomic mass is 10.2. The number of para-hydroxylation sites is 1. The average molecular weight is 446 g/mol. The number of hydrogen-bond acceptors (Lipinski definition) is 5. The first-order valence-electron chi connectivity index (χ1n) is 8.45. The van der Waals surface area contributed by atoms with E-state index in [4.69, 9.17) is 23.2 Å². The number of nitrogens with zero attached hydrogens (tertiary/aromatic N) is 3. The van der Waals surface area contributed by atoms with E-state index in [1.807, 2.05) is 19.0 Å². The number of rotatable bonds is 9. The van der Waals surface area contributed by atoms with Crippen LogP contribution in [0.25, 0.3) is 0 Å². The molecule has 2 aromatic carbocycles. The van der Waals surface area contributed by atoms with E-state index in [0.29, 0.717) is 28.6 Å². The second-order valence-corrected chi connectivity index (χ2v) is 9.19. The highest BCUT2D eigenvalue weighted by atomic mass is 35.5. The third-order valence-corrected chi connectivity index (χ3v) is 6.67. The number of sulfonamides is 1. The van der Waals surface area contributed by atoms with Gasteiger partial charge in [0.05, 0.1) is 15.0 Å². The summed E-state index contributed by atoms with van der Waals surface area (Å²) in [5.74, 6) is 0. The number of hydrogen-bond donors (Lipinski definition) is 0. The van der Waals surface area contributed by atoms with Crippen molar-refractivity contribution in [1.82, 2.24) is 9.21 Å². The molecule has 0 atom stereocenters. The van der Waals surface area contributed by atoms with Gasteiger partial charge in [-0.05, 0) is 50.8 Å². The molecule has 0 aliphatic carbocycles. The Kier molecular flexibility index (Phi) is 7.79. The van der Waals surface area contributed by atoms with E-state index in [2.05, 4.69) is 0 Å². The van der Waals surface area contributed by atoms with Crippen LogP contribution in [0.5, 0.6) is 0 Å². The summed E-state index contributed by atoms with van der Waals surface area (Å²) in [5.41, 5.74) is 0.190. The molecule has 0 aliphatic heterocycles. The zero-order valence-electron chi connectivity index (χ0n) is 15.5. The molecule has 152 valence electrons. The Morgan fingerprint density at radius 1 is 1.04 bits per heavy atom. The van der Waals surface area contributed by atoms with Crippen LogP contribution in [0.3, 0.4) is 0 Å². The third-order valence-electron chi connectivity index (χ3n) is 4.04. The van der Waals surface area contributed by atoms with Crippen molar-refractivity contribution in [3.8, 4) is 0 Å². The molecule has 0 aliphatic rings. The minimum atomic E-state index is -4.10. The van der Waals surface area contributed by atoms with Gasteiger partial charge < -0.3 is 4.90 Å². The van der Waals surface area contributed by atoms with E-state index < -0.39 is 20.6 Å². The van der Waals surface area contributed by atoms with Gasteiger partial charge in [0.25, 0.3) is 5.69 Å². The summed E-state index contributed by atoms with van der Waals surface area (Å²) in [6.07, 6.45) is 0.564. The fraction of sp³-hybridized carbons (Fsp3) is 0.333. The Hall–Kier alpha value is -1.71. The van der Waals surface area contributed by atoms with Crippen molar-refractivity contribution in [2.45, 2.75) is 17.9 Å². The maximum Gasteiger partial charge on any atom is 0.289 e. The molecule has 2 rings (SSSR count). The van der Waals surface area contributed by atoms with Crippen LogP contribution in [0, 0.1) is 10.1 Å². The fourth-order valence-electron chi connectivity index (χ4n) is 2.65. The molecule has 0 saturated heterocycles. The van der Waals surface area contributed by atoms with Crippen molar-refractivity contribution in [2.24, 2.45) is 0 Å². The minimum absolute atomic E-state index is 0.0265. The molecule has 0 spiro atoms. The van der Waals surface area contributed by atoms with Gasteiger partial charge in [0.2, 0.25) is 10.0 Å². The SMILES string of the molecule is CN(C)CCCN(Cc1ccc(Cl)c(Cl)c1)S(=O)(=O)c1ccccc1[N+](=O)[O-]. The molecule has 0 amide bonds. The molecule has 0 heterocycles. The van der Waals surface area contributed by atoms with E-state index in [-0.39, 0.29) is 18.0 Å². The van der Waals surface area contributed by atoms with Crippen molar-refractivity contribution in [1.29, 1.82) is 0 Å². The molecule has 28 heavy (non-hydrogen) atoms. The standard InChI is InChI=1S/C18H21Cl2N3O4S/c1-21(2)10-5-11-22(13-14-8-9-15(19)16(20)12-14)28(26,27)18-7-4-3-6-17(18)23(24)25/h3-4,6-9,12H,5,10-11,13H2,1-2H3. The van der Waals surface area contributed by atoms with Crippen LogP contribution < -0.4 is 0 Å². The number of nitro benzene ring substituents is 1. The summed E-state index contributed by atoms with van der Waals surface area (Å²) in [6, 6.07) is 10.2. The van der Waals surface area contributed by atoms with Crippen molar-refractivity contribution in [3.63, 3.8) is 0 Å². The first kappa shape index (κ1) is 22.6. The summed E-state index contributed by atoms with van der Waals surface area (Å²) < 4.78 is 27.7. The molecule has 0 bridgehead atoms. The van der Waals surface area contributed by atoms with Crippen LogP contribution in [0.1, 0.15) is 12.0 Å². The van der Waals surface area contributed by atoms with E-state index in [1.165, 1.54) is 28.6 Å². The molecule has 0 aromatic heterocycles. The third kappa shape index (κ3) is 5.65. The lowest BCUT2D eigenvalue weighted by Crippen LogP contribution is -2.33. The second kappa shape index (κ2) is 9.67. The van der Waals surface area contributed by atoms with Crippen LogP contribution in [0.4, 0.5) is 5.69 Å². The molecular formula is C18H21Cl2N3O4S. The molecule has 10 heteroatoms. The molecular weight excluding hydrogens is 425 g/mol. The lowest BCUT2D eigenvalue weighted by Gasteiger charge is -2.23. The average Bonchev–Trinajstić information content (AvgIpc) is 2.63. The minimum Gasteiger partial charge on any atom is -0.309 e. The second-order valence-electron chi connectivity index (χ2n) is 6.47. The molecule has 7 nitrogen and oxygen atoms in total. The molecule has 0 saturated carbocycles. The van der Waals surface area contributed by atoms with Gasteiger partial charge >= 0.3 is 0 Å². The van der Waals surface area contributed by atoms with Crippen LogP contribution in [-0.4, -0.2) is 49.7 Å². The normalized spacial score (nSPS) is 11.9. The van der Waals surface area contributed by atoms with E-state index in [0.717, 1.165) is 0 Å². The Labute approximate surface area is 174 Å². The van der Waals surface area contributed by atoms with Crippen molar-refractivity contribution in [3.05, 3.63) is 68.2 Å². The first-order chi connectivity index (χ1) is 13.1. The monoisotopic (exact) mass is 445 g/mol. The Morgan fingerprint density at radius 2 is 1.71 bits per heavy atom. The van der Waals surface area contributed by atoms with Crippen LogP contribution in [0.15, 0.2) is 47.4 Å². The molecule has 0 N–H and O–H groups in total. The van der Waals surface area contributed by atoms with Crippen LogP contribution in [-0.2, 0) is 16.6 Å². The van der Waals surface area contributed by atoms with Gasteiger partial charge in [-0.15, -0.1) is 0 Å². The lowest BCUT2D eigenvalue weighted by molar-refractivity contribution is -0.387. The van der Waals surface area contributed by atoms with E-state index in [1.54, 1.807) is 18.2 Å². The number of nitro groups is 1. The van der Waals surface area contributed by atoms with Crippen LogP contribution in [0.2, 0.25) is 10.0 Å². The predicted molar refractivity (Wildman–Crippen MR) is 110 cm³/mol. The number of halogens is 2. The predicted octanol–water partition coefficient (Wildman–Crippen LogP) is 4.04. The van der Waals surface area contributed by atoms with Gasteiger partial charge in [-0.2, -0.15) is 4.31 Å². The van der Waals surface area contributed by atoms with Crippen molar-refractivity contribution >= 4 is 38.9 Å². The zero-order valence-corrected chi connectivity index (χ0v) is 17.8. The van der Waals surface area contributed by atoms with Gasteiger partial charge in [-0.3, -0.25) is 10.1 Å². The van der Waals surface area contributed by atoms with Crippen molar-refractivity contribution in [2.75, 3.05) is 27.2 Å².